The van der Waals surface area contributed by atoms with Crippen molar-refractivity contribution in [1.29, 1.82) is 0 Å². The Kier molecular flexibility index (Phi) is 6.35. The topological polar surface area (TPSA) is 60.5 Å². The first-order valence-electron chi connectivity index (χ1n) is 8.24. The summed E-state index contributed by atoms with van der Waals surface area (Å²) < 4.78 is 10.4. The standard InChI is InChI=1S/C20H20N2O3S/c1-24-9-10-25-18-4-2-16(3-5-18)20(23)22-13-15-6-8-21-19(12-15)17-7-11-26-14-17/h2-8,11-12,14H,9-10,13H2,1H3,(H,22,23). The lowest BCUT2D eigenvalue weighted by atomic mass is 10.1. The molecule has 6 heteroatoms. The van der Waals surface area contributed by atoms with E-state index in [0.717, 1.165) is 16.8 Å². The molecule has 0 radical (unpaired) electrons. The highest BCUT2D eigenvalue weighted by molar-refractivity contribution is 7.08. The Bertz CT molecular complexity index is 833. The Morgan fingerprint density at radius 1 is 1.15 bits per heavy atom. The zero-order valence-electron chi connectivity index (χ0n) is 14.5. The molecule has 5 nitrogen and oxygen atoms in total. The van der Waals surface area contributed by atoms with E-state index in [1.165, 1.54) is 0 Å². The maximum Gasteiger partial charge on any atom is 0.251 e. The molecule has 0 unspecified atom stereocenters. The highest BCUT2D eigenvalue weighted by Gasteiger charge is 2.07. The molecule has 1 amide bonds. The highest BCUT2D eigenvalue weighted by atomic mass is 32.1. The van der Waals surface area contributed by atoms with Crippen molar-refractivity contribution in [2.45, 2.75) is 6.54 Å². The third-order valence-corrected chi connectivity index (χ3v) is 4.45. The molecule has 0 aliphatic heterocycles. The fourth-order valence-electron chi connectivity index (χ4n) is 2.38. The van der Waals surface area contributed by atoms with Gasteiger partial charge in [-0.25, -0.2) is 0 Å². The molecule has 0 atom stereocenters. The molecule has 0 saturated carbocycles. The van der Waals surface area contributed by atoms with Crippen molar-refractivity contribution in [3.8, 4) is 17.0 Å². The van der Waals surface area contributed by atoms with Crippen molar-refractivity contribution in [2.24, 2.45) is 0 Å². The van der Waals surface area contributed by atoms with Gasteiger partial charge in [0.25, 0.3) is 5.91 Å². The van der Waals surface area contributed by atoms with Gasteiger partial charge in [-0.1, -0.05) is 0 Å². The molecule has 134 valence electrons. The van der Waals surface area contributed by atoms with Crippen molar-refractivity contribution in [3.05, 3.63) is 70.5 Å². The normalized spacial score (nSPS) is 10.5. The fraction of sp³-hybridized carbons (Fsp3) is 0.200. The van der Waals surface area contributed by atoms with Gasteiger partial charge >= 0.3 is 0 Å². The number of carbonyl (C=O) groups excluding carboxylic acids is 1. The fourth-order valence-corrected chi connectivity index (χ4v) is 3.03. The van der Waals surface area contributed by atoms with E-state index < -0.39 is 0 Å². The Balaban J connectivity index is 1.56. The summed E-state index contributed by atoms with van der Waals surface area (Å²) in [5.41, 5.74) is 3.60. The van der Waals surface area contributed by atoms with Crippen LogP contribution in [-0.2, 0) is 11.3 Å². The lowest BCUT2D eigenvalue weighted by Gasteiger charge is -2.08. The van der Waals surface area contributed by atoms with Crippen LogP contribution >= 0.6 is 11.3 Å². The van der Waals surface area contributed by atoms with Gasteiger partial charge in [-0.2, -0.15) is 11.3 Å². The summed E-state index contributed by atoms with van der Waals surface area (Å²) in [6.07, 6.45) is 1.76. The van der Waals surface area contributed by atoms with Gasteiger partial charge in [-0.15, -0.1) is 0 Å². The van der Waals surface area contributed by atoms with E-state index in [1.54, 1.807) is 48.9 Å². The molecule has 0 aliphatic rings. The van der Waals surface area contributed by atoms with E-state index in [-0.39, 0.29) is 5.91 Å². The Hall–Kier alpha value is -2.70. The van der Waals surface area contributed by atoms with E-state index >= 15 is 0 Å². The van der Waals surface area contributed by atoms with E-state index in [2.05, 4.69) is 15.7 Å². The molecule has 0 bridgehead atoms. The minimum atomic E-state index is -0.123. The second-order valence-corrected chi connectivity index (χ2v) is 6.39. The highest BCUT2D eigenvalue weighted by Crippen LogP contribution is 2.20. The molecule has 2 aromatic heterocycles. The summed E-state index contributed by atoms with van der Waals surface area (Å²) in [4.78, 5) is 16.7. The second kappa shape index (κ2) is 9.12. The van der Waals surface area contributed by atoms with Gasteiger partial charge in [0.05, 0.1) is 12.3 Å². The van der Waals surface area contributed by atoms with Crippen molar-refractivity contribution in [3.63, 3.8) is 0 Å². The molecule has 3 rings (SSSR count). The smallest absolute Gasteiger partial charge is 0.251 e. The number of carbonyl (C=O) groups is 1. The third kappa shape index (κ3) is 4.91. The third-order valence-electron chi connectivity index (χ3n) is 3.77. The Morgan fingerprint density at radius 3 is 2.73 bits per heavy atom. The molecule has 0 aliphatic carbocycles. The van der Waals surface area contributed by atoms with Crippen LogP contribution in [0.3, 0.4) is 0 Å². The van der Waals surface area contributed by atoms with Crippen molar-refractivity contribution in [2.75, 3.05) is 20.3 Å². The van der Waals surface area contributed by atoms with Crippen LogP contribution < -0.4 is 10.1 Å². The largest absolute Gasteiger partial charge is 0.491 e. The van der Waals surface area contributed by atoms with Crippen LogP contribution in [0.2, 0.25) is 0 Å². The molecule has 1 N–H and O–H groups in total. The number of thiophene rings is 1. The summed E-state index contributed by atoms with van der Waals surface area (Å²) in [5.74, 6) is 0.593. The number of aromatic nitrogens is 1. The van der Waals surface area contributed by atoms with Gasteiger partial charge in [0, 0.05) is 36.4 Å². The lowest BCUT2D eigenvalue weighted by Crippen LogP contribution is -2.22. The molecule has 1 aromatic carbocycles. The van der Waals surface area contributed by atoms with Crippen molar-refractivity contribution >= 4 is 17.2 Å². The number of rotatable bonds is 8. The maximum atomic E-state index is 12.3. The predicted octanol–water partition coefficient (Wildman–Crippen LogP) is 3.77. The van der Waals surface area contributed by atoms with Gasteiger partial charge in [-0.3, -0.25) is 9.78 Å². The number of nitrogens with zero attached hydrogens (tertiary/aromatic N) is 1. The molecular weight excluding hydrogens is 348 g/mol. The van der Waals surface area contributed by atoms with Crippen LogP contribution in [0, 0.1) is 0 Å². The average Bonchev–Trinajstić information content (AvgIpc) is 3.22. The number of nitrogens with one attached hydrogen (secondary N) is 1. The van der Waals surface area contributed by atoms with Gasteiger partial charge in [0.2, 0.25) is 0 Å². The van der Waals surface area contributed by atoms with Crippen LogP contribution in [0.15, 0.2) is 59.4 Å². The SMILES string of the molecule is COCCOc1ccc(C(=O)NCc2ccnc(-c3ccsc3)c2)cc1. The Morgan fingerprint density at radius 2 is 2.00 bits per heavy atom. The van der Waals surface area contributed by atoms with E-state index in [9.17, 15) is 4.79 Å². The second-order valence-electron chi connectivity index (χ2n) is 5.61. The quantitative estimate of drug-likeness (QED) is 0.615. The summed E-state index contributed by atoms with van der Waals surface area (Å²) in [6, 6.07) is 13.0. The summed E-state index contributed by atoms with van der Waals surface area (Å²) in [7, 11) is 1.63. The van der Waals surface area contributed by atoms with Gasteiger partial charge in [0.1, 0.15) is 12.4 Å². The summed E-state index contributed by atoms with van der Waals surface area (Å²) in [6.45, 7) is 1.46. The number of pyridine rings is 1. The minimum Gasteiger partial charge on any atom is -0.491 e. The number of methoxy groups -OCH3 is 1. The first-order valence-corrected chi connectivity index (χ1v) is 9.18. The van der Waals surface area contributed by atoms with Crippen LogP contribution in [0.25, 0.3) is 11.3 Å². The van der Waals surface area contributed by atoms with E-state index in [0.29, 0.717) is 31.1 Å². The van der Waals surface area contributed by atoms with Crippen LogP contribution in [-0.4, -0.2) is 31.2 Å². The number of ether oxygens (including phenoxy) is 2. The van der Waals surface area contributed by atoms with Crippen LogP contribution in [0.5, 0.6) is 5.75 Å². The average molecular weight is 368 g/mol. The number of amides is 1. The molecule has 3 aromatic rings. The van der Waals surface area contributed by atoms with Gasteiger partial charge < -0.3 is 14.8 Å². The summed E-state index contributed by atoms with van der Waals surface area (Å²) >= 11 is 1.64. The first-order chi connectivity index (χ1) is 12.8. The molecule has 0 spiro atoms. The van der Waals surface area contributed by atoms with Crippen LogP contribution in [0.1, 0.15) is 15.9 Å². The number of hydrogen-bond donors (Lipinski definition) is 1. The molecular formula is C20H20N2O3S. The van der Waals surface area contributed by atoms with Gasteiger partial charge in [0.15, 0.2) is 0 Å². The van der Waals surface area contributed by atoms with Gasteiger partial charge in [-0.05, 0) is 53.4 Å². The minimum absolute atomic E-state index is 0.123. The number of hydrogen-bond acceptors (Lipinski definition) is 5. The zero-order valence-corrected chi connectivity index (χ0v) is 15.3. The lowest BCUT2D eigenvalue weighted by molar-refractivity contribution is 0.0951. The first kappa shape index (κ1) is 18.1. The van der Waals surface area contributed by atoms with Crippen LogP contribution in [0.4, 0.5) is 0 Å². The Labute approximate surface area is 156 Å². The van der Waals surface area contributed by atoms with E-state index in [1.807, 2.05) is 23.6 Å². The predicted molar refractivity (Wildman–Crippen MR) is 103 cm³/mol. The molecule has 2 heterocycles. The zero-order chi connectivity index (χ0) is 18.2. The number of benzene rings is 1. The molecule has 0 fully saturated rings. The molecule has 26 heavy (non-hydrogen) atoms. The monoisotopic (exact) mass is 368 g/mol. The van der Waals surface area contributed by atoms with E-state index in [4.69, 9.17) is 9.47 Å². The molecule has 0 saturated heterocycles. The van der Waals surface area contributed by atoms with Crippen molar-refractivity contribution in [1.82, 2.24) is 10.3 Å². The van der Waals surface area contributed by atoms with Crippen molar-refractivity contribution < 1.29 is 14.3 Å². The summed E-state index contributed by atoms with van der Waals surface area (Å²) in [5, 5.41) is 7.01. The maximum absolute atomic E-state index is 12.3.